The molecule has 1 fully saturated rings. The number of hydrogen-bond acceptors (Lipinski definition) is 4. The number of likely N-dealkylation sites (N-methyl/N-ethyl adjacent to an activating group) is 1. The van der Waals surface area contributed by atoms with E-state index in [1.54, 1.807) is 0 Å². The standard InChI is InChI=1S/C16H26N4O/c1-20(15-7-11-17-12-8-15)13-16(21)19-10-4-6-14-5-2-3-9-18-14/h2-3,5,9,15,17H,4,6-8,10-13H2,1H3,(H,19,21). The van der Waals surface area contributed by atoms with E-state index in [9.17, 15) is 4.79 Å². The van der Waals surface area contributed by atoms with Crippen molar-refractivity contribution in [3.8, 4) is 0 Å². The second kappa shape index (κ2) is 8.74. The van der Waals surface area contributed by atoms with Gasteiger partial charge in [-0.05, 0) is 58.0 Å². The maximum Gasteiger partial charge on any atom is 0.234 e. The van der Waals surface area contributed by atoms with Gasteiger partial charge in [-0.2, -0.15) is 0 Å². The van der Waals surface area contributed by atoms with Crippen LogP contribution in [0.2, 0.25) is 0 Å². The number of aryl methyl sites for hydroxylation is 1. The van der Waals surface area contributed by atoms with Crippen molar-refractivity contribution in [2.45, 2.75) is 31.7 Å². The van der Waals surface area contributed by atoms with E-state index in [1.165, 1.54) is 0 Å². The fraction of sp³-hybridized carbons (Fsp3) is 0.625. The quantitative estimate of drug-likeness (QED) is 0.730. The molecule has 2 heterocycles. The Bertz CT molecular complexity index is 418. The van der Waals surface area contributed by atoms with Crippen molar-refractivity contribution >= 4 is 5.91 Å². The maximum absolute atomic E-state index is 11.9. The summed E-state index contributed by atoms with van der Waals surface area (Å²) >= 11 is 0. The van der Waals surface area contributed by atoms with Crippen molar-refractivity contribution < 1.29 is 4.79 Å². The minimum atomic E-state index is 0.122. The fourth-order valence-corrected chi connectivity index (χ4v) is 2.70. The molecule has 1 aromatic rings. The van der Waals surface area contributed by atoms with E-state index in [0.717, 1.165) is 51.0 Å². The molecule has 1 amide bonds. The van der Waals surface area contributed by atoms with Crippen LogP contribution in [0.1, 0.15) is 25.0 Å². The third-order valence-electron chi connectivity index (χ3n) is 3.98. The van der Waals surface area contributed by atoms with Crippen molar-refractivity contribution in [3.63, 3.8) is 0 Å². The highest BCUT2D eigenvalue weighted by atomic mass is 16.2. The number of pyridine rings is 1. The van der Waals surface area contributed by atoms with Gasteiger partial charge in [0.1, 0.15) is 0 Å². The number of carbonyl (C=O) groups excluding carboxylic acids is 1. The second-order valence-electron chi connectivity index (χ2n) is 5.67. The van der Waals surface area contributed by atoms with E-state index < -0.39 is 0 Å². The fourth-order valence-electron chi connectivity index (χ4n) is 2.70. The summed E-state index contributed by atoms with van der Waals surface area (Å²) in [7, 11) is 2.05. The second-order valence-corrected chi connectivity index (χ2v) is 5.67. The average Bonchev–Trinajstić information content (AvgIpc) is 2.53. The first-order valence-electron chi connectivity index (χ1n) is 7.83. The number of rotatable bonds is 7. The normalized spacial score (nSPS) is 16.1. The van der Waals surface area contributed by atoms with Crippen LogP contribution in [0.25, 0.3) is 0 Å². The summed E-state index contributed by atoms with van der Waals surface area (Å²) in [6.45, 7) is 3.32. The van der Waals surface area contributed by atoms with Crippen LogP contribution < -0.4 is 10.6 Å². The molecule has 1 aliphatic rings. The van der Waals surface area contributed by atoms with Gasteiger partial charge in [-0.3, -0.25) is 14.7 Å². The molecule has 5 nitrogen and oxygen atoms in total. The number of hydrogen-bond donors (Lipinski definition) is 2. The molecule has 116 valence electrons. The number of nitrogens with zero attached hydrogens (tertiary/aromatic N) is 2. The molecule has 0 saturated carbocycles. The first kappa shape index (κ1) is 15.9. The van der Waals surface area contributed by atoms with Gasteiger partial charge in [0.25, 0.3) is 0 Å². The van der Waals surface area contributed by atoms with Gasteiger partial charge in [-0.15, -0.1) is 0 Å². The van der Waals surface area contributed by atoms with Crippen LogP contribution in [0.4, 0.5) is 0 Å². The molecule has 0 atom stereocenters. The minimum Gasteiger partial charge on any atom is -0.355 e. The van der Waals surface area contributed by atoms with Gasteiger partial charge in [0, 0.05) is 24.5 Å². The van der Waals surface area contributed by atoms with Crippen LogP contribution in [0.15, 0.2) is 24.4 Å². The topological polar surface area (TPSA) is 57.3 Å². The summed E-state index contributed by atoms with van der Waals surface area (Å²) in [5, 5.41) is 6.35. The summed E-state index contributed by atoms with van der Waals surface area (Å²) in [5.74, 6) is 0.122. The van der Waals surface area contributed by atoms with Crippen LogP contribution in [0.3, 0.4) is 0 Å². The molecule has 1 aromatic heterocycles. The third kappa shape index (κ3) is 5.81. The zero-order valence-corrected chi connectivity index (χ0v) is 12.8. The van der Waals surface area contributed by atoms with Crippen molar-refractivity contribution in [1.82, 2.24) is 20.5 Å². The lowest BCUT2D eigenvalue weighted by Crippen LogP contribution is -2.45. The van der Waals surface area contributed by atoms with Crippen LogP contribution in [-0.4, -0.2) is 55.1 Å². The first-order chi connectivity index (χ1) is 10.3. The SMILES string of the molecule is CN(CC(=O)NCCCc1ccccn1)C1CCNCC1. The largest absolute Gasteiger partial charge is 0.355 e. The van der Waals surface area contributed by atoms with E-state index >= 15 is 0 Å². The number of amides is 1. The highest BCUT2D eigenvalue weighted by Gasteiger charge is 2.19. The van der Waals surface area contributed by atoms with Gasteiger partial charge < -0.3 is 10.6 Å². The van der Waals surface area contributed by atoms with E-state index in [2.05, 4.69) is 20.5 Å². The van der Waals surface area contributed by atoms with Crippen molar-refractivity contribution in [2.75, 3.05) is 33.2 Å². The zero-order chi connectivity index (χ0) is 14.9. The highest BCUT2D eigenvalue weighted by Crippen LogP contribution is 2.09. The van der Waals surface area contributed by atoms with E-state index in [0.29, 0.717) is 12.6 Å². The average molecular weight is 290 g/mol. The van der Waals surface area contributed by atoms with E-state index in [4.69, 9.17) is 0 Å². The van der Waals surface area contributed by atoms with Crippen LogP contribution in [-0.2, 0) is 11.2 Å². The summed E-state index contributed by atoms with van der Waals surface area (Å²) < 4.78 is 0. The van der Waals surface area contributed by atoms with Gasteiger partial charge in [-0.25, -0.2) is 0 Å². The monoisotopic (exact) mass is 290 g/mol. The lowest BCUT2D eigenvalue weighted by atomic mass is 10.1. The highest BCUT2D eigenvalue weighted by molar-refractivity contribution is 5.77. The van der Waals surface area contributed by atoms with Gasteiger partial charge >= 0.3 is 0 Å². The maximum atomic E-state index is 11.9. The Labute approximate surface area is 127 Å². The Kier molecular flexibility index (Phi) is 6.63. The smallest absolute Gasteiger partial charge is 0.234 e. The molecule has 0 unspecified atom stereocenters. The number of aromatic nitrogens is 1. The molecule has 0 spiro atoms. The van der Waals surface area contributed by atoms with Crippen LogP contribution in [0, 0.1) is 0 Å². The van der Waals surface area contributed by atoms with Gasteiger partial charge in [0.2, 0.25) is 5.91 Å². The zero-order valence-electron chi connectivity index (χ0n) is 12.8. The minimum absolute atomic E-state index is 0.122. The summed E-state index contributed by atoms with van der Waals surface area (Å²) in [6.07, 6.45) is 5.90. The Morgan fingerprint density at radius 3 is 2.95 bits per heavy atom. The molecule has 0 bridgehead atoms. The van der Waals surface area contributed by atoms with E-state index in [-0.39, 0.29) is 5.91 Å². The summed E-state index contributed by atoms with van der Waals surface area (Å²) in [4.78, 5) is 18.4. The van der Waals surface area contributed by atoms with Crippen molar-refractivity contribution in [2.24, 2.45) is 0 Å². The Hall–Kier alpha value is -1.46. The predicted molar refractivity (Wildman–Crippen MR) is 84.1 cm³/mol. The molecule has 2 rings (SSSR count). The lowest BCUT2D eigenvalue weighted by Gasteiger charge is -2.31. The molecule has 0 aliphatic carbocycles. The number of piperidine rings is 1. The molecule has 5 heteroatoms. The van der Waals surface area contributed by atoms with Crippen LogP contribution in [0.5, 0.6) is 0 Å². The van der Waals surface area contributed by atoms with Gasteiger partial charge in [-0.1, -0.05) is 6.07 Å². The lowest BCUT2D eigenvalue weighted by molar-refractivity contribution is -0.122. The Balaban J connectivity index is 1.58. The summed E-state index contributed by atoms with van der Waals surface area (Å²) in [5.41, 5.74) is 1.08. The van der Waals surface area contributed by atoms with E-state index in [1.807, 2.05) is 31.4 Å². The van der Waals surface area contributed by atoms with Gasteiger partial charge in [0.05, 0.1) is 6.54 Å². The Morgan fingerprint density at radius 1 is 1.43 bits per heavy atom. The molecule has 1 saturated heterocycles. The third-order valence-corrected chi connectivity index (χ3v) is 3.98. The summed E-state index contributed by atoms with van der Waals surface area (Å²) in [6, 6.07) is 6.47. The molecule has 1 aliphatic heterocycles. The predicted octanol–water partition coefficient (Wildman–Crippen LogP) is 0.814. The number of carbonyl (C=O) groups is 1. The molecule has 0 aromatic carbocycles. The van der Waals surface area contributed by atoms with Crippen molar-refractivity contribution in [1.29, 1.82) is 0 Å². The van der Waals surface area contributed by atoms with Crippen molar-refractivity contribution in [3.05, 3.63) is 30.1 Å². The molecule has 0 radical (unpaired) electrons. The Morgan fingerprint density at radius 2 is 2.24 bits per heavy atom. The van der Waals surface area contributed by atoms with Gasteiger partial charge in [0.15, 0.2) is 0 Å². The molecular weight excluding hydrogens is 264 g/mol. The number of nitrogens with one attached hydrogen (secondary N) is 2. The van der Waals surface area contributed by atoms with Crippen LogP contribution >= 0.6 is 0 Å². The molecule has 21 heavy (non-hydrogen) atoms. The molecule has 2 N–H and O–H groups in total. The first-order valence-corrected chi connectivity index (χ1v) is 7.83. The molecular formula is C16H26N4O.